The molecule has 0 fully saturated rings. The molecule has 1 rings (SSSR count). The quantitative estimate of drug-likeness (QED) is 0.769. The summed E-state index contributed by atoms with van der Waals surface area (Å²) in [5.74, 6) is 0. The van der Waals surface area contributed by atoms with Crippen LogP contribution in [-0.4, -0.2) is 26.0 Å². The van der Waals surface area contributed by atoms with E-state index in [4.69, 9.17) is 0 Å². The van der Waals surface area contributed by atoms with Crippen LogP contribution < -0.4 is 10.0 Å². The molecule has 0 amide bonds. The van der Waals surface area contributed by atoms with E-state index in [0.717, 1.165) is 25.8 Å². The average molecular weight is 285 g/mol. The minimum atomic E-state index is -3.52. The van der Waals surface area contributed by atoms with E-state index in [9.17, 15) is 8.42 Å². The van der Waals surface area contributed by atoms with Gasteiger partial charge in [-0.1, -0.05) is 20.8 Å². The molecular weight excluding hydrogens is 262 g/mol. The number of rotatable bonds is 8. The first kappa shape index (κ1) is 15.9. The van der Waals surface area contributed by atoms with Crippen LogP contribution in [0.25, 0.3) is 0 Å². The molecule has 0 aliphatic rings. The van der Waals surface area contributed by atoms with E-state index in [2.05, 4.69) is 15.0 Å². The van der Waals surface area contributed by atoms with E-state index in [1.807, 2.05) is 20.8 Å². The second-order valence-electron chi connectivity index (χ2n) is 4.43. The van der Waals surface area contributed by atoms with Gasteiger partial charge in [-0.15, -0.1) is 0 Å². The highest BCUT2D eigenvalue weighted by atomic mass is 32.2. The minimum Gasteiger partial charge on any atom is -0.384 e. The zero-order chi connectivity index (χ0) is 14.3. The summed E-state index contributed by atoms with van der Waals surface area (Å²) in [6.45, 7) is 6.70. The smallest absolute Gasteiger partial charge is 0.244 e. The molecule has 0 atom stereocenters. The Bertz CT molecular complexity index is 484. The molecule has 0 spiro atoms. The van der Waals surface area contributed by atoms with Crippen LogP contribution in [0.3, 0.4) is 0 Å². The van der Waals surface area contributed by atoms with Gasteiger partial charge in [-0.3, -0.25) is 4.98 Å². The molecule has 1 aromatic rings. The van der Waals surface area contributed by atoms with Crippen molar-refractivity contribution in [1.29, 1.82) is 0 Å². The predicted octanol–water partition coefficient (Wildman–Crippen LogP) is 2.37. The molecule has 2 N–H and O–H groups in total. The summed E-state index contributed by atoms with van der Waals surface area (Å²) in [5, 5.41) is 3.12. The van der Waals surface area contributed by atoms with Crippen molar-refractivity contribution in [3.63, 3.8) is 0 Å². The number of sulfonamides is 1. The largest absolute Gasteiger partial charge is 0.384 e. The summed E-state index contributed by atoms with van der Waals surface area (Å²) < 4.78 is 27.4. The van der Waals surface area contributed by atoms with Crippen molar-refractivity contribution in [2.45, 2.75) is 51.0 Å². The molecule has 19 heavy (non-hydrogen) atoms. The van der Waals surface area contributed by atoms with Gasteiger partial charge in [-0.05, 0) is 25.3 Å². The molecule has 108 valence electrons. The molecule has 0 saturated heterocycles. The van der Waals surface area contributed by atoms with Gasteiger partial charge in [0.1, 0.15) is 4.90 Å². The zero-order valence-corrected chi connectivity index (χ0v) is 12.6. The van der Waals surface area contributed by atoms with Gasteiger partial charge in [-0.2, -0.15) is 0 Å². The van der Waals surface area contributed by atoms with Gasteiger partial charge in [-0.25, -0.2) is 13.1 Å². The summed E-state index contributed by atoms with van der Waals surface area (Å²) in [4.78, 5) is 4.14. The van der Waals surface area contributed by atoms with Crippen molar-refractivity contribution < 1.29 is 8.42 Å². The van der Waals surface area contributed by atoms with Crippen molar-refractivity contribution >= 4 is 15.7 Å². The number of nitrogens with zero attached hydrogens (tertiary/aromatic N) is 1. The number of hydrogen-bond donors (Lipinski definition) is 2. The van der Waals surface area contributed by atoms with Crippen LogP contribution in [0.1, 0.15) is 40.0 Å². The molecule has 5 nitrogen and oxygen atoms in total. The van der Waals surface area contributed by atoms with E-state index in [1.165, 1.54) is 6.20 Å². The first-order valence-electron chi connectivity index (χ1n) is 6.75. The molecule has 0 radical (unpaired) electrons. The first-order chi connectivity index (χ1) is 9.05. The lowest BCUT2D eigenvalue weighted by Crippen LogP contribution is -2.34. The van der Waals surface area contributed by atoms with Crippen LogP contribution in [0.5, 0.6) is 0 Å². The van der Waals surface area contributed by atoms with Gasteiger partial charge >= 0.3 is 0 Å². The number of hydrogen-bond acceptors (Lipinski definition) is 4. The van der Waals surface area contributed by atoms with Crippen LogP contribution >= 0.6 is 0 Å². The Morgan fingerprint density at radius 3 is 2.53 bits per heavy atom. The lowest BCUT2D eigenvalue weighted by Gasteiger charge is -2.17. The Hall–Kier alpha value is -1.14. The van der Waals surface area contributed by atoms with E-state index < -0.39 is 10.0 Å². The Balaban J connectivity index is 3.00. The maximum absolute atomic E-state index is 12.4. The van der Waals surface area contributed by atoms with Gasteiger partial charge in [0, 0.05) is 25.0 Å². The van der Waals surface area contributed by atoms with Crippen molar-refractivity contribution in [2.24, 2.45) is 0 Å². The third-order valence-electron chi connectivity index (χ3n) is 2.95. The van der Waals surface area contributed by atoms with Gasteiger partial charge in [0.2, 0.25) is 10.0 Å². The van der Waals surface area contributed by atoms with Crippen LogP contribution in [0, 0.1) is 0 Å². The van der Waals surface area contributed by atoms with E-state index in [1.54, 1.807) is 12.3 Å². The molecule has 0 aromatic carbocycles. The normalized spacial score (nSPS) is 11.8. The third kappa shape index (κ3) is 4.47. The van der Waals surface area contributed by atoms with Crippen molar-refractivity contribution in [1.82, 2.24) is 9.71 Å². The van der Waals surface area contributed by atoms with Gasteiger partial charge in [0.05, 0.1) is 5.69 Å². The summed E-state index contributed by atoms with van der Waals surface area (Å²) in [6, 6.07) is 1.65. The number of anilines is 1. The van der Waals surface area contributed by atoms with Crippen LogP contribution in [0.2, 0.25) is 0 Å². The predicted molar refractivity (Wildman–Crippen MR) is 77.7 cm³/mol. The minimum absolute atomic E-state index is 0.0377. The van der Waals surface area contributed by atoms with Gasteiger partial charge < -0.3 is 5.32 Å². The van der Waals surface area contributed by atoms with Crippen LogP contribution in [-0.2, 0) is 10.0 Å². The fourth-order valence-corrected chi connectivity index (χ4v) is 3.27. The van der Waals surface area contributed by atoms with E-state index in [0.29, 0.717) is 5.69 Å². The van der Waals surface area contributed by atoms with E-state index in [-0.39, 0.29) is 10.9 Å². The number of pyridine rings is 1. The lowest BCUT2D eigenvalue weighted by atomic mass is 10.2. The standard InChI is InChI=1S/C13H23N3O2S/c1-4-8-15-12-7-9-14-10-13(12)19(17,18)16-11(5-2)6-3/h7,9-11,16H,4-6,8H2,1-3H3,(H,14,15). The molecule has 6 heteroatoms. The van der Waals surface area contributed by atoms with Gasteiger partial charge in [0.25, 0.3) is 0 Å². The maximum Gasteiger partial charge on any atom is 0.244 e. The highest BCUT2D eigenvalue weighted by Crippen LogP contribution is 2.20. The SMILES string of the molecule is CCCNc1ccncc1S(=O)(=O)NC(CC)CC. The molecular formula is C13H23N3O2S. The number of aromatic nitrogens is 1. The monoisotopic (exact) mass is 285 g/mol. The number of nitrogens with one attached hydrogen (secondary N) is 2. The maximum atomic E-state index is 12.4. The molecule has 0 saturated carbocycles. The average Bonchev–Trinajstić information content (AvgIpc) is 2.42. The molecule has 0 aliphatic heterocycles. The summed E-state index contributed by atoms with van der Waals surface area (Å²) in [6.07, 6.45) is 5.46. The molecule has 1 aromatic heterocycles. The first-order valence-corrected chi connectivity index (χ1v) is 8.23. The Kier molecular flexibility index (Phi) is 6.24. The Morgan fingerprint density at radius 2 is 1.95 bits per heavy atom. The fraction of sp³-hybridized carbons (Fsp3) is 0.615. The van der Waals surface area contributed by atoms with E-state index >= 15 is 0 Å². The highest BCUT2D eigenvalue weighted by molar-refractivity contribution is 7.89. The zero-order valence-electron chi connectivity index (χ0n) is 11.8. The second-order valence-corrected chi connectivity index (χ2v) is 6.12. The van der Waals surface area contributed by atoms with Crippen molar-refractivity contribution in [3.05, 3.63) is 18.5 Å². The Labute approximate surface area is 115 Å². The summed E-state index contributed by atoms with van der Waals surface area (Å²) in [5.41, 5.74) is 0.607. The molecule has 1 heterocycles. The summed E-state index contributed by atoms with van der Waals surface area (Å²) in [7, 11) is -3.52. The fourth-order valence-electron chi connectivity index (χ4n) is 1.74. The molecule has 0 unspecified atom stereocenters. The van der Waals surface area contributed by atoms with Crippen molar-refractivity contribution in [3.8, 4) is 0 Å². The Morgan fingerprint density at radius 1 is 1.26 bits per heavy atom. The van der Waals surface area contributed by atoms with Crippen molar-refractivity contribution in [2.75, 3.05) is 11.9 Å². The van der Waals surface area contributed by atoms with Crippen LogP contribution in [0.15, 0.2) is 23.4 Å². The molecule has 0 bridgehead atoms. The molecule has 0 aliphatic carbocycles. The lowest BCUT2D eigenvalue weighted by molar-refractivity contribution is 0.530. The summed E-state index contributed by atoms with van der Waals surface area (Å²) >= 11 is 0. The van der Waals surface area contributed by atoms with Crippen LogP contribution in [0.4, 0.5) is 5.69 Å². The third-order valence-corrected chi connectivity index (χ3v) is 4.49. The topological polar surface area (TPSA) is 71.1 Å². The van der Waals surface area contributed by atoms with Gasteiger partial charge in [0.15, 0.2) is 0 Å². The highest BCUT2D eigenvalue weighted by Gasteiger charge is 2.21. The second kappa shape index (κ2) is 7.45.